The number of benzene rings is 3. The number of thioether (sulfide) groups is 1. The van der Waals surface area contributed by atoms with Gasteiger partial charge in [-0.1, -0.05) is 64.8 Å². The van der Waals surface area contributed by atoms with E-state index < -0.39 is 16.1 Å². The number of nitro benzene ring substituents is 1. The fourth-order valence-electron chi connectivity index (χ4n) is 3.22. The Morgan fingerprint density at radius 2 is 1.74 bits per heavy atom. The Bertz CT molecular complexity index is 1320. The van der Waals surface area contributed by atoms with Crippen LogP contribution in [0, 0.1) is 17.0 Å². The number of aryl methyl sites for hydroxylation is 1. The van der Waals surface area contributed by atoms with Crippen molar-refractivity contribution in [3.63, 3.8) is 0 Å². The van der Waals surface area contributed by atoms with Gasteiger partial charge in [0.2, 0.25) is 0 Å². The molecule has 1 heterocycles. The number of carbonyl (C=O) groups excluding carboxylic acids is 2. The van der Waals surface area contributed by atoms with Crippen LogP contribution in [0.1, 0.15) is 16.7 Å². The molecule has 0 unspecified atom stereocenters. The van der Waals surface area contributed by atoms with Gasteiger partial charge in [0.15, 0.2) is 0 Å². The van der Waals surface area contributed by atoms with Crippen LogP contribution >= 0.6 is 46.7 Å². The predicted molar refractivity (Wildman–Crippen MR) is 136 cm³/mol. The van der Waals surface area contributed by atoms with Gasteiger partial charge >= 0.3 is 0 Å². The summed E-state index contributed by atoms with van der Waals surface area (Å²) in [5, 5.41) is 11.9. The van der Waals surface area contributed by atoms with Crippen LogP contribution < -0.4 is 0 Å². The Hall–Kier alpha value is -2.78. The fourth-order valence-corrected chi connectivity index (χ4v) is 5.47. The Morgan fingerprint density at radius 3 is 2.38 bits per heavy atom. The van der Waals surface area contributed by atoms with Crippen LogP contribution in [0.5, 0.6) is 0 Å². The number of amides is 2. The third kappa shape index (κ3) is 5.31. The summed E-state index contributed by atoms with van der Waals surface area (Å²) < 4.78 is 0. The molecule has 10 heteroatoms. The lowest BCUT2D eigenvalue weighted by atomic mass is 10.1. The van der Waals surface area contributed by atoms with Gasteiger partial charge in [0.25, 0.3) is 16.8 Å². The maximum Gasteiger partial charge on any atom is 0.293 e. The van der Waals surface area contributed by atoms with Crippen molar-refractivity contribution in [3.05, 3.63) is 102 Å². The molecule has 3 aromatic rings. The number of halogens is 2. The van der Waals surface area contributed by atoms with Crippen molar-refractivity contribution in [1.82, 2.24) is 4.90 Å². The zero-order chi connectivity index (χ0) is 24.4. The van der Waals surface area contributed by atoms with Crippen molar-refractivity contribution in [2.75, 3.05) is 0 Å². The molecule has 1 aliphatic heterocycles. The number of rotatable bonds is 6. The number of hydrogen-bond donors (Lipinski definition) is 0. The van der Waals surface area contributed by atoms with Gasteiger partial charge in [0.1, 0.15) is 0 Å². The molecule has 0 bridgehead atoms. The molecule has 0 radical (unpaired) electrons. The molecule has 6 nitrogen and oxygen atoms in total. The van der Waals surface area contributed by atoms with E-state index in [-0.39, 0.29) is 17.1 Å². The molecule has 0 aromatic heterocycles. The van der Waals surface area contributed by atoms with Crippen molar-refractivity contribution in [2.24, 2.45) is 0 Å². The first-order chi connectivity index (χ1) is 16.2. The molecule has 172 valence electrons. The standard InChI is InChI=1S/C24H16Cl2N2O4S2/c1-14-5-8-16(9-6-14)33-21-10-7-15(11-20(21)28(31)32)12-22-23(29)27(24(30)34-22)13-17-18(25)3-2-4-19(17)26/h2-12H,13H2,1H3/b22-12-. The average molecular weight is 531 g/mol. The maximum atomic E-state index is 12.9. The highest BCUT2D eigenvalue weighted by Crippen LogP contribution is 2.38. The Kier molecular flexibility index (Phi) is 7.33. The van der Waals surface area contributed by atoms with Crippen LogP contribution in [0.15, 0.2) is 75.4 Å². The van der Waals surface area contributed by atoms with Gasteiger partial charge in [-0.3, -0.25) is 24.6 Å². The topological polar surface area (TPSA) is 80.5 Å². The monoisotopic (exact) mass is 530 g/mol. The quantitative estimate of drug-likeness (QED) is 0.185. The van der Waals surface area contributed by atoms with Crippen LogP contribution in [0.4, 0.5) is 10.5 Å². The predicted octanol–water partition coefficient (Wildman–Crippen LogP) is 7.60. The van der Waals surface area contributed by atoms with Crippen LogP contribution in [0.25, 0.3) is 6.08 Å². The second kappa shape index (κ2) is 10.2. The van der Waals surface area contributed by atoms with E-state index in [2.05, 4.69) is 0 Å². The summed E-state index contributed by atoms with van der Waals surface area (Å²) >= 11 is 14.4. The molecule has 34 heavy (non-hydrogen) atoms. The van der Waals surface area contributed by atoms with Crippen molar-refractivity contribution < 1.29 is 14.5 Å². The van der Waals surface area contributed by atoms with Gasteiger partial charge in [-0.2, -0.15) is 0 Å². The molecule has 1 fully saturated rings. The zero-order valence-corrected chi connectivity index (χ0v) is 20.8. The second-order valence-corrected chi connectivity index (χ2v) is 10.3. The molecule has 0 aliphatic carbocycles. The zero-order valence-electron chi connectivity index (χ0n) is 17.7. The van der Waals surface area contributed by atoms with E-state index in [1.807, 2.05) is 31.2 Å². The minimum absolute atomic E-state index is 0.0627. The lowest BCUT2D eigenvalue weighted by Gasteiger charge is -2.14. The van der Waals surface area contributed by atoms with Crippen molar-refractivity contribution in [2.45, 2.75) is 23.3 Å². The van der Waals surface area contributed by atoms with Gasteiger partial charge in [0.05, 0.1) is 21.3 Å². The highest BCUT2D eigenvalue weighted by Gasteiger charge is 2.35. The largest absolute Gasteiger partial charge is 0.293 e. The lowest BCUT2D eigenvalue weighted by molar-refractivity contribution is -0.387. The van der Waals surface area contributed by atoms with E-state index in [1.165, 1.54) is 23.9 Å². The summed E-state index contributed by atoms with van der Waals surface area (Å²) in [6.45, 7) is 1.91. The maximum absolute atomic E-state index is 12.9. The summed E-state index contributed by atoms with van der Waals surface area (Å²) in [4.78, 5) is 39.2. The van der Waals surface area contributed by atoms with Crippen LogP contribution in [0.3, 0.4) is 0 Å². The van der Waals surface area contributed by atoms with Crippen LogP contribution in [-0.4, -0.2) is 21.0 Å². The molecule has 0 atom stereocenters. The van der Waals surface area contributed by atoms with E-state index in [1.54, 1.807) is 30.3 Å². The highest BCUT2D eigenvalue weighted by atomic mass is 35.5. The van der Waals surface area contributed by atoms with Gasteiger partial charge < -0.3 is 0 Å². The summed E-state index contributed by atoms with van der Waals surface area (Å²) in [5.41, 5.74) is 1.94. The molecule has 3 aromatic carbocycles. The summed E-state index contributed by atoms with van der Waals surface area (Å²) in [6.07, 6.45) is 1.48. The van der Waals surface area contributed by atoms with Gasteiger partial charge in [-0.25, -0.2) is 0 Å². The number of nitrogens with zero attached hydrogens (tertiary/aromatic N) is 2. The molecule has 1 aliphatic rings. The van der Waals surface area contributed by atoms with Gasteiger partial charge in [-0.15, -0.1) is 0 Å². The Morgan fingerprint density at radius 1 is 1.06 bits per heavy atom. The molecule has 0 saturated carbocycles. The Balaban J connectivity index is 1.59. The van der Waals surface area contributed by atoms with E-state index in [9.17, 15) is 19.7 Å². The normalized spacial score (nSPS) is 14.8. The molecule has 2 amide bonds. The third-order valence-corrected chi connectivity index (χ3v) is 7.67. The van der Waals surface area contributed by atoms with Crippen molar-refractivity contribution >= 4 is 69.6 Å². The minimum Gasteiger partial charge on any atom is -0.268 e. The lowest BCUT2D eigenvalue weighted by Crippen LogP contribution is -2.27. The van der Waals surface area contributed by atoms with Crippen molar-refractivity contribution in [1.29, 1.82) is 0 Å². The van der Waals surface area contributed by atoms with E-state index in [4.69, 9.17) is 23.2 Å². The first kappa shape index (κ1) is 24.3. The number of hydrogen-bond acceptors (Lipinski definition) is 6. The molecule has 0 N–H and O–H groups in total. The second-order valence-electron chi connectivity index (χ2n) is 7.37. The van der Waals surface area contributed by atoms with E-state index >= 15 is 0 Å². The minimum atomic E-state index is -0.508. The first-order valence-corrected chi connectivity index (χ1v) is 12.3. The number of carbonyl (C=O) groups is 2. The highest BCUT2D eigenvalue weighted by molar-refractivity contribution is 8.18. The first-order valence-electron chi connectivity index (χ1n) is 9.94. The smallest absolute Gasteiger partial charge is 0.268 e. The average Bonchev–Trinajstić information content (AvgIpc) is 3.05. The Labute approximate surface area is 214 Å². The van der Waals surface area contributed by atoms with Gasteiger partial charge in [0, 0.05) is 26.6 Å². The third-order valence-electron chi connectivity index (χ3n) is 4.98. The van der Waals surface area contributed by atoms with Gasteiger partial charge in [-0.05, 0) is 60.7 Å². The SMILES string of the molecule is Cc1ccc(Sc2ccc(/C=C3\SC(=O)N(Cc4c(Cl)cccc4Cl)C3=O)cc2[N+](=O)[O-])cc1. The molecule has 4 rings (SSSR count). The number of nitro groups is 1. The molecular weight excluding hydrogens is 515 g/mol. The van der Waals surface area contributed by atoms with E-state index in [0.29, 0.717) is 26.1 Å². The van der Waals surface area contributed by atoms with E-state index in [0.717, 1.165) is 27.1 Å². The summed E-state index contributed by atoms with van der Waals surface area (Å²) in [7, 11) is 0. The molecular formula is C24H16Cl2N2O4S2. The molecule has 1 saturated heterocycles. The van der Waals surface area contributed by atoms with Crippen LogP contribution in [0.2, 0.25) is 10.0 Å². The number of imide groups is 1. The fraction of sp³-hybridized carbons (Fsp3) is 0.0833. The summed E-state index contributed by atoms with van der Waals surface area (Å²) in [6, 6.07) is 17.3. The molecule has 0 spiro atoms. The summed E-state index contributed by atoms with van der Waals surface area (Å²) in [5.74, 6) is -0.508. The van der Waals surface area contributed by atoms with Crippen LogP contribution in [-0.2, 0) is 11.3 Å². The van der Waals surface area contributed by atoms with Crippen molar-refractivity contribution in [3.8, 4) is 0 Å².